The number of nitrogens with one attached hydrogen (secondary N) is 1. The summed E-state index contributed by atoms with van der Waals surface area (Å²) in [5, 5.41) is 10.9. The molecule has 22 heavy (non-hydrogen) atoms. The van der Waals surface area contributed by atoms with Gasteiger partial charge in [-0.05, 0) is 24.3 Å². The van der Waals surface area contributed by atoms with Gasteiger partial charge in [0.1, 0.15) is 17.3 Å². The average molecular weight is 303 g/mol. The summed E-state index contributed by atoms with van der Waals surface area (Å²) in [5.41, 5.74) is 2.32. The van der Waals surface area contributed by atoms with Crippen molar-refractivity contribution >= 4 is 17.7 Å². The van der Waals surface area contributed by atoms with Gasteiger partial charge in [-0.1, -0.05) is 0 Å². The van der Waals surface area contributed by atoms with Crippen molar-refractivity contribution in [3.8, 4) is 17.1 Å². The molecule has 1 aromatic heterocycles. The first-order valence-corrected chi connectivity index (χ1v) is 6.16. The molecule has 8 heteroatoms. The normalized spacial score (nSPS) is 10.6. The summed E-state index contributed by atoms with van der Waals surface area (Å²) in [6.45, 7) is 0. The number of hydrogen-bond donors (Lipinski definition) is 2. The van der Waals surface area contributed by atoms with Crippen molar-refractivity contribution in [3.05, 3.63) is 52.3 Å². The molecule has 2 aromatic rings. The summed E-state index contributed by atoms with van der Waals surface area (Å²) < 4.78 is 10.7. The van der Waals surface area contributed by atoms with Crippen LogP contribution in [0.3, 0.4) is 0 Å². The third-order valence-corrected chi connectivity index (χ3v) is 2.83. The third kappa shape index (κ3) is 3.30. The quantitative estimate of drug-likeness (QED) is 0.286. The molecule has 8 nitrogen and oxygen atoms in total. The van der Waals surface area contributed by atoms with E-state index in [2.05, 4.69) is 0 Å². The summed E-state index contributed by atoms with van der Waals surface area (Å²) in [4.78, 5) is 21.4. The molecular formula is C14H13N3O5. The lowest BCUT2D eigenvalue weighted by atomic mass is 10.1. The molecule has 0 aliphatic rings. The summed E-state index contributed by atoms with van der Waals surface area (Å²) >= 11 is 0. The number of nitro benzene ring substituents is 1. The van der Waals surface area contributed by atoms with Gasteiger partial charge in [0, 0.05) is 18.2 Å². The summed E-state index contributed by atoms with van der Waals surface area (Å²) in [5.74, 6) is 5.69. The molecule has 0 aliphatic carbocycles. The highest BCUT2D eigenvalue weighted by molar-refractivity contribution is 5.90. The van der Waals surface area contributed by atoms with Crippen LogP contribution in [0.5, 0.6) is 5.75 Å². The van der Waals surface area contributed by atoms with Crippen molar-refractivity contribution in [2.75, 3.05) is 7.11 Å². The molecule has 0 aliphatic heterocycles. The van der Waals surface area contributed by atoms with E-state index in [-0.39, 0.29) is 5.69 Å². The number of amides is 1. The minimum atomic E-state index is -0.502. The van der Waals surface area contributed by atoms with Crippen LogP contribution in [0.4, 0.5) is 5.69 Å². The molecule has 0 atom stereocenters. The minimum Gasteiger partial charge on any atom is -0.496 e. The van der Waals surface area contributed by atoms with Gasteiger partial charge in [-0.2, -0.15) is 0 Å². The van der Waals surface area contributed by atoms with E-state index in [1.165, 1.54) is 37.5 Å². The fourth-order valence-electron chi connectivity index (χ4n) is 1.80. The Balaban J connectivity index is 2.37. The first-order valence-electron chi connectivity index (χ1n) is 6.16. The number of furan rings is 1. The number of hydrazine groups is 1. The lowest BCUT2D eigenvalue weighted by molar-refractivity contribution is -0.384. The zero-order chi connectivity index (χ0) is 16.1. The van der Waals surface area contributed by atoms with Crippen molar-refractivity contribution in [2.45, 2.75) is 0 Å². The Hall–Kier alpha value is -3.13. The maximum absolute atomic E-state index is 11.0. The maximum Gasteiger partial charge on any atom is 0.270 e. The van der Waals surface area contributed by atoms with Gasteiger partial charge < -0.3 is 9.15 Å². The topological polar surface area (TPSA) is 121 Å². The Labute approximate surface area is 125 Å². The predicted octanol–water partition coefficient (Wildman–Crippen LogP) is 1.87. The highest BCUT2D eigenvalue weighted by Crippen LogP contribution is 2.34. The van der Waals surface area contributed by atoms with Crippen molar-refractivity contribution in [2.24, 2.45) is 5.84 Å². The van der Waals surface area contributed by atoms with Crippen LogP contribution in [-0.2, 0) is 4.79 Å². The molecule has 0 saturated heterocycles. The zero-order valence-electron chi connectivity index (χ0n) is 11.6. The Morgan fingerprint density at radius 3 is 2.82 bits per heavy atom. The number of ether oxygens (including phenoxy) is 1. The van der Waals surface area contributed by atoms with Gasteiger partial charge >= 0.3 is 0 Å². The van der Waals surface area contributed by atoms with E-state index in [4.69, 9.17) is 15.0 Å². The Bertz CT molecular complexity index is 736. The molecule has 1 aromatic carbocycles. The average Bonchev–Trinajstić information content (AvgIpc) is 3.00. The van der Waals surface area contributed by atoms with Crippen LogP contribution in [0.2, 0.25) is 0 Å². The SMILES string of the molecule is COc1ccc([N+](=O)[O-])cc1-c1ccc(/C=C/C(=O)NN)o1. The second-order valence-electron chi connectivity index (χ2n) is 4.19. The summed E-state index contributed by atoms with van der Waals surface area (Å²) in [6.07, 6.45) is 2.63. The van der Waals surface area contributed by atoms with Crippen molar-refractivity contribution in [3.63, 3.8) is 0 Å². The number of benzene rings is 1. The zero-order valence-corrected chi connectivity index (χ0v) is 11.6. The number of carbonyl (C=O) groups is 1. The van der Waals surface area contributed by atoms with Crippen LogP contribution in [0, 0.1) is 10.1 Å². The number of hydrogen-bond acceptors (Lipinski definition) is 6. The van der Waals surface area contributed by atoms with Gasteiger partial charge in [-0.15, -0.1) is 0 Å². The van der Waals surface area contributed by atoms with Crippen molar-refractivity contribution in [1.82, 2.24) is 5.43 Å². The van der Waals surface area contributed by atoms with E-state index in [1.54, 1.807) is 12.1 Å². The van der Waals surface area contributed by atoms with E-state index < -0.39 is 10.8 Å². The minimum absolute atomic E-state index is 0.0770. The van der Waals surface area contributed by atoms with Crippen LogP contribution in [0.25, 0.3) is 17.4 Å². The molecule has 3 N–H and O–H groups in total. The number of rotatable bonds is 5. The first-order chi connectivity index (χ1) is 10.5. The van der Waals surface area contributed by atoms with Crippen LogP contribution in [0.15, 0.2) is 40.8 Å². The second kappa shape index (κ2) is 6.55. The Morgan fingerprint density at radius 2 is 2.18 bits per heavy atom. The van der Waals surface area contributed by atoms with Crippen LogP contribution in [0.1, 0.15) is 5.76 Å². The van der Waals surface area contributed by atoms with Gasteiger partial charge in [0.25, 0.3) is 11.6 Å². The second-order valence-corrected chi connectivity index (χ2v) is 4.19. The van der Waals surface area contributed by atoms with E-state index in [0.29, 0.717) is 22.8 Å². The smallest absolute Gasteiger partial charge is 0.270 e. The van der Waals surface area contributed by atoms with E-state index in [9.17, 15) is 14.9 Å². The molecule has 114 valence electrons. The van der Waals surface area contributed by atoms with E-state index in [0.717, 1.165) is 0 Å². The van der Waals surface area contributed by atoms with Crippen LogP contribution >= 0.6 is 0 Å². The van der Waals surface area contributed by atoms with Crippen LogP contribution < -0.4 is 16.0 Å². The van der Waals surface area contributed by atoms with Gasteiger partial charge in [-0.3, -0.25) is 20.3 Å². The molecule has 2 rings (SSSR count). The lowest BCUT2D eigenvalue weighted by Gasteiger charge is -2.05. The molecule has 1 heterocycles. The number of methoxy groups -OCH3 is 1. The number of nitro groups is 1. The molecular weight excluding hydrogens is 290 g/mol. The maximum atomic E-state index is 11.0. The van der Waals surface area contributed by atoms with Gasteiger partial charge in [0.2, 0.25) is 0 Å². The monoisotopic (exact) mass is 303 g/mol. The Morgan fingerprint density at radius 1 is 1.41 bits per heavy atom. The van der Waals surface area contributed by atoms with Crippen molar-refractivity contribution < 1.29 is 18.9 Å². The highest BCUT2D eigenvalue weighted by atomic mass is 16.6. The van der Waals surface area contributed by atoms with Crippen LogP contribution in [-0.4, -0.2) is 17.9 Å². The molecule has 0 fully saturated rings. The highest BCUT2D eigenvalue weighted by Gasteiger charge is 2.15. The lowest BCUT2D eigenvalue weighted by Crippen LogP contribution is -2.27. The molecule has 0 spiro atoms. The summed E-state index contributed by atoms with van der Waals surface area (Å²) in [6, 6.07) is 7.44. The van der Waals surface area contributed by atoms with Gasteiger partial charge in [0.05, 0.1) is 17.6 Å². The Kier molecular flexibility index (Phi) is 4.54. The standard InChI is InChI=1S/C14H13N3O5/c1-21-12-5-2-9(17(19)20)8-11(12)13-6-3-10(22-13)4-7-14(18)16-15/h2-8H,15H2,1H3,(H,16,18)/b7-4+. The third-order valence-electron chi connectivity index (χ3n) is 2.83. The number of non-ortho nitro benzene ring substituents is 1. The van der Waals surface area contributed by atoms with E-state index in [1.807, 2.05) is 5.43 Å². The molecule has 1 amide bonds. The molecule has 0 saturated carbocycles. The van der Waals surface area contributed by atoms with E-state index >= 15 is 0 Å². The molecule has 0 radical (unpaired) electrons. The summed E-state index contributed by atoms with van der Waals surface area (Å²) in [7, 11) is 1.46. The van der Waals surface area contributed by atoms with Crippen molar-refractivity contribution in [1.29, 1.82) is 0 Å². The van der Waals surface area contributed by atoms with Gasteiger partial charge in [-0.25, -0.2) is 5.84 Å². The van der Waals surface area contributed by atoms with Gasteiger partial charge in [0.15, 0.2) is 0 Å². The largest absolute Gasteiger partial charge is 0.496 e. The molecule has 0 unspecified atom stereocenters. The molecule has 0 bridgehead atoms. The number of nitrogens with two attached hydrogens (primary N) is 1. The fourth-order valence-corrected chi connectivity index (χ4v) is 1.80. The first kappa shape index (κ1) is 15.3. The predicted molar refractivity (Wildman–Crippen MR) is 78.7 cm³/mol. The fraction of sp³-hybridized carbons (Fsp3) is 0.0714. The number of carbonyl (C=O) groups excluding carboxylic acids is 1. The number of nitrogens with zero attached hydrogens (tertiary/aromatic N) is 1.